The summed E-state index contributed by atoms with van der Waals surface area (Å²) in [7, 11) is 0. The van der Waals surface area contributed by atoms with Crippen LogP contribution in [0.25, 0.3) is 0 Å². The average molecular weight is 238 g/mol. The van der Waals surface area contributed by atoms with Gasteiger partial charge in [0.1, 0.15) is 0 Å². The summed E-state index contributed by atoms with van der Waals surface area (Å²) in [5.74, 6) is 0. The molecular weight excluding hydrogens is 212 g/mol. The van der Waals surface area contributed by atoms with Crippen LogP contribution in [0.5, 0.6) is 0 Å². The van der Waals surface area contributed by atoms with Gasteiger partial charge >= 0.3 is 0 Å². The molecule has 1 aromatic rings. The molecular formula is C15H26S. The lowest BCUT2D eigenvalue weighted by atomic mass is 9.85. The van der Waals surface area contributed by atoms with Crippen molar-refractivity contribution in [2.24, 2.45) is 0 Å². The minimum atomic E-state index is 0.330. The lowest BCUT2D eigenvalue weighted by molar-refractivity contribution is 0.514. The van der Waals surface area contributed by atoms with Crippen LogP contribution in [0.1, 0.15) is 69.7 Å². The molecule has 1 aromatic heterocycles. The molecule has 1 heteroatoms. The van der Waals surface area contributed by atoms with E-state index in [1.54, 1.807) is 9.75 Å². The standard InChI is InChI=1S/C15H26S/c1-8-14(4,5)12-10-11(3)13(16-12)15(6,7)9-2/h10H,8-9H2,1-7H3. The molecule has 0 bridgehead atoms. The zero-order chi connectivity index (χ0) is 12.6. The number of hydrogen-bond acceptors (Lipinski definition) is 1. The molecule has 0 N–H and O–H groups in total. The van der Waals surface area contributed by atoms with E-state index in [-0.39, 0.29) is 0 Å². The van der Waals surface area contributed by atoms with Crippen LogP contribution >= 0.6 is 11.3 Å². The zero-order valence-corrected chi connectivity index (χ0v) is 12.7. The summed E-state index contributed by atoms with van der Waals surface area (Å²) in [5, 5.41) is 0. The molecule has 0 unspecified atom stereocenters. The maximum Gasteiger partial charge on any atom is 0.0134 e. The summed E-state index contributed by atoms with van der Waals surface area (Å²) in [6.07, 6.45) is 2.42. The predicted molar refractivity (Wildman–Crippen MR) is 75.7 cm³/mol. The highest BCUT2D eigenvalue weighted by Gasteiger charge is 2.27. The third-order valence-electron chi connectivity index (χ3n) is 3.97. The maximum atomic E-state index is 2.40. The van der Waals surface area contributed by atoms with E-state index < -0.39 is 0 Å². The molecule has 0 amide bonds. The Hall–Kier alpha value is -0.300. The smallest absolute Gasteiger partial charge is 0.0134 e. The number of aryl methyl sites for hydroxylation is 1. The van der Waals surface area contributed by atoms with Gasteiger partial charge < -0.3 is 0 Å². The van der Waals surface area contributed by atoms with Crippen molar-refractivity contribution in [3.8, 4) is 0 Å². The Labute approximate surface area is 105 Å². The van der Waals surface area contributed by atoms with Gasteiger partial charge in [0.2, 0.25) is 0 Å². The normalized spacial score (nSPS) is 13.2. The SMILES string of the molecule is CCC(C)(C)c1cc(C)c(C(C)(C)CC)s1. The Morgan fingerprint density at radius 3 is 1.94 bits per heavy atom. The van der Waals surface area contributed by atoms with Crippen molar-refractivity contribution in [3.63, 3.8) is 0 Å². The summed E-state index contributed by atoms with van der Waals surface area (Å²) in [4.78, 5) is 3.12. The predicted octanol–water partition coefficient (Wildman–Crippen LogP) is 5.43. The first-order valence-corrected chi connectivity index (χ1v) is 7.17. The molecule has 0 aliphatic rings. The molecule has 0 aliphatic carbocycles. The molecule has 0 aliphatic heterocycles. The Morgan fingerprint density at radius 2 is 1.50 bits per heavy atom. The Morgan fingerprint density at radius 1 is 1.00 bits per heavy atom. The van der Waals surface area contributed by atoms with Crippen LogP contribution in [0.15, 0.2) is 6.07 Å². The van der Waals surface area contributed by atoms with E-state index in [0.717, 1.165) is 0 Å². The zero-order valence-electron chi connectivity index (χ0n) is 11.9. The van der Waals surface area contributed by atoms with Crippen LogP contribution in [-0.4, -0.2) is 0 Å². The first-order valence-electron chi connectivity index (χ1n) is 6.36. The Balaban J connectivity index is 3.18. The molecule has 0 saturated carbocycles. The molecule has 16 heavy (non-hydrogen) atoms. The Kier molecular flexibility index (Phi) is 3.89. The monoisotopic (exact) mass is 238 g/mol. The van der Waals surface area contributed by atoms with Gasteiger partial charge in [-0.15, -0.1) is 11.3 Å². The van der Waals surface area contributed by atoms with Crippen molar-refractivity contribution in [1.29, 1.82) is 0 Å². The van der Waals surface area contributed by atoms with Crippen LogP contribution in [0.4, 0.5) is 0 Å². The van der Waals surface area contributed by atoms with Crippen molar-refractivity contribution in [1.82, 2.24) is 0 Å². The fourth-order valence-electron chi connectivity index (χ4n) is 1.82. The molecule has 0 spiro atoms. The quantitative estimate of drug-likeness (QED) is 0.656. The van der Waals surface area contributed by atoms with Crippen molar-refractivity contribution in [2.45, 2.75) is 72.1 Å². The van der Waals surface area contributed by atoms with E-state index in [1.165, 1.54) is 18.4 Å². The molecule has 1 heterocycles. The van der Waals surface area contributed by atoms with Gasteiger partial charge in [0.25, 0.3) is 0 Å². The molecule has 92 valence electrons. The van der Waals surface area contributed by atoms with E-state index in [9.17, 15) is 0 Å². The number of thiophene rings is 1. The molecule has 0 fully saturated rings. The van der Waals surface area contributed by atoms with E-state index >= 15 is 0 Å². The van der Waals surface area contributed by atoms with Gasteiger partial charge in [-0.1, -0.05) is 41.5 Å². The molecule has 0 aromatic carbocycles. The summed E-state index contributed by atoms with van der Waals surface area (Å²) in [5.41, 5.74) is 2.14. The molecule has 1 rings (SSSR count). The molecule has 0 nitrogen and oxygen atoms in total. The second-order valence-corrected chi connectivity index (χ2v) is 7.15. The first-order chi connectivity index (χ1) is 7.24. The van der Waals surface area contributed by atoms with E-state index in [2.05, 4.69) is 54.5 Å². The van der Waals surface area contributed by atoms with E-state index in [4.69, 9.17) is 0 Å². The minimum Gasteiger partial charge on any atom is -0.144 e. The lowest BCUT2D eigenvalue weighted by Crippen LogP contribution is -2.15. The molecule has 0 atom stereocenters. The molecule has 0 saturated heterocycles. The summed E-state index contributed by atoms with van der Waals surface area (Å²) in [6, 6.07) is 2.40. The van der Waals surface area contributed by atoms with Gasteiger partial charge in [0.15, 0.2) is 0 Å². The van der Waals surface area contributed by atoms with Gasteiger partial charge in [-0.05, 0) is 42.2 Å². The summed E-state index contributed by atoms with van der Waals surface area (Å²) < 4.78 is 0. The third kappa shape index (κ3) is 2.51. The molecule has 0 radical (unpaired) electrons. The van der Waals surface area contributed by atoms with Gasteiger partial charge in [0, 0.05) is 9.75 Å². The number of hydrogen-bond donors (Lipinski definition) is 0. The minimum absolute atomic E-state index is 0.330. The van der Waals surface area contributed by atoms with Gasteiger partial charge in [-0.3, -0.25) is 0 Å². The fraction of sp³-hybridized carbons (Fsp3) is 0.733. The van der Waals surface area contributed by atoms with Gasteiger partial charge in [0.05, 0.1) is 0 Å². The van der Waals surface area contributed by atoms with Crippen molar-refractivity contribution < 1.29 is 0 Å². The topological polar surface area (TPSA) is 0 Å². The highest BCUT2D eigenvalue weighted by Crippen LogP contribution is 2.41. The number of rotatable bonds is 4. The summed E-state index contributed by atoms with van der Waals surface area (Å²) >= 11 is 2.02. The van der Waals surface area contributed by atoms with E-state index in [1.807, 2.05) is 11.3 Å². The van der Waals surface area contributed by atoms with Gasteiger partial charge in [-0.2, -0.15) is 0 Å². The Bertz CT molecular complexity index is 356. The highest BCUT2D eigenvalue weighted by atomic mass is 32.1. The maximum absolute atomic E-state index is 2.40. The fourth-order valence-corrected chi connectivity index (χ4v) is 3.34. The van der Waals surface area contributed by atoms with Crippen molar-refractivity contribution in [2.75, 3.05) is 0 Å². The summed E-state index contributed by atoms with van der Waals surface area (Å²) in [6.45, 7) is 16.2. The van der Waals surface area contributed by atoms with Crippen molar-refractivity contribution >= 4 is 11.3 Å². The van der Waals surface area contributed by atoms with Crippen molar-refractivity contribution in [3.05, 3.63) is 21.4 Å². The first kappa shape index (κ1) is 13.8. The van der Waals surface area contributed by atoms with Crippen LogP contribution < -0.4 is 0 Å². The lowest BCUT2D eigenvalue weighted by Gasteiger charge is -2.23. The average Bonchev–Trinajstić information content (AvgIpc) is 2.61. The van der Waals surface area contributed by atoms with Crippen LogP contribution in [0.3, 0.4) is 0 Å². The van der Waals surface area contributed by atoms with Crippen LogP contribution in [0, 0.1) is 6.92 Å². The second kappa shape index (κ2) is 4.52. The second-order valence-electron chi connectivity index (χ2n) is 6.10. The van der Waals surface area contributed by atoms with Gasteiger partial charge in [-0.25, -0.2) is 0 Å². The largest absolute Gasteiger partial charge is 0.144 e. The third-order valence-corrected chi connectivity index (χ3v) is 5.94. The van der Waals surface area contributed by atoms with Crippen LogP contribution in [-0.2, 0) is 10.8 Å². The highest BCUT2D eigenvalue weighted by molar-refractivity contribution is 7.12. The van der Waals surface area contributed by atoms with E-state index in [0.29, 0.717) is 10.8 Å². The van der Waals surface area contributed by atoms with Crippen LogP contribution in [0.2, 0.25) is 0 Å².